The molecule has 0 N–H and O–H groups in total. The molecule has 1 aromatic heterocycles. The third kappa shape index (κ3) is 4.38. The van der Waals surface area contributed by atoms with Crippen molar-refractivity contribution < 1.29 is 18.7 Å². The second-order valence-electron chi connectivity index (χ2n) is 7.88. The van der Waals surface area contributed by atoms with Gasteiger partial charge in [-0.15, -0.1) is 0 Å². The minimum absolute atomic E-state index is 0.116. The molecule has 4 heterocycles. The number of nitrogens with zero attached hydrogens (tertiary/aromatic N) is 4. The van der Waals surface area contributed by atoms with Gasteiger partial charge in [-0.25, -0.2) is 14.4 Å². The van der Waals surface area contributed by atoms with Crippen LogP contribution in [-0.2, 0) is 14.3 Å². The molecule has 8 heteroatoms. The summed E-state index contributed by atoms with van der Waals surface area (Å²) in [5.41, 5.74) is -0.147. The summed E-state index contributed by atoms with van der Waals surface area (Å²) in [6.45, 7) is 4.79. The number of aromatic nitrogens is 2. The molecule has 1 atom stereocenters. The van der Waals surface area contributed by atoms with Crippen LogP contribution in [0.25, 0.3) is 0 Å². The van der Waals surface area contributed by atoms with Gasteiger partial charge in [0.1, 0.15) is 12.2 Å². The van der Waals surface area contributed by atoms with Crippen LogP contribution in [0.15, 0.2) is 12.4 Å². The van der Waals surface area contributed by atoms with Crippen LogP contribution >= 0.6 is 0 Å². The zero-order valence-corrected chi connectivity index (χ0v) is 15.6. The maximum absolute atomic E-state index is 13.0. The number of ether oxygens (including phenoxy) is 2. The van der Waals surface area contributed by atoms with Crippen molar-refractivity contribution in [3.63, 3.8) is 0 Å². The molecule has 7 nitrogen and oxygen atoms in total. The quantitative estimate of drug-likeness (QED) is 0.701. The molecule has 3 aliphatic heterocycles. The van der Waals surface area contributed by atoms with E-state index in [4.69, 9.17) is 9.47 Å². The topological polar surface area (TPSA) is 67.8 Å². The Kier molecular flexibility index (Phi) is 5.54. The molecule has 0 saturated carbocycles. The predicted octanol–water partition coefficient (Wildman–Crippen LogP) is 1.63. The normalized spacial score (nSPS) is 24.3. The minimum atomic E-state index is -0.425. The van der Waals surface area contributed by atoms with Crippen LogP contribution in [0.4, 0.5) is 10.3 Å². The molecule has 1 amide bonds. The van der Waals surface area contributed by atoms with E-state index in [0.29, 0.717) is 18.5 Å². The number of likely N-dealkylation sites (tertiary alicyclic amines) is 1. The van der Waals surface area contributed by atoms with Crippen molar-refractivity contribution >= 4 is 11.9 Å². The number of halogens is 1. The Morgan fingerprint density at radius 3 is 2.78 bits per heavy atom. The highest BCUT2D eigenvalue weighted by Crippen LogP contribution is 2.39. The largest absolute Gasteiger partial charge is 0.372 e. The summed E-state index contributed by atoms with van der Waals surface area (Å²) >= 11 is 0. The van der Waals surface area contributed by atoms with Crippen LogP contribution < -0.4 is 4.90 Å². The fourth-order valence-electron chi connectivity index (χ4n) is 4.32. The van der Waals surface area contributed by atoms with E-state index >= 15 is 0 Å². The summed E-state index contributed by atoms with van der Waals surface area (Å²) in [4.78, 5) is 24.0. The van der Waals surface area contributed by atoms with Gasteiger partial charge >= 0.3 is 0 Å². The van der Waals surface area contributed by atoms with E-state index in [1.165, 1.54) is 12.4 Å². The summed E-state index contributed by atoms with van der Waals surface area (Å²) in [6, 6.07) is 0. The average Bonchev–Trinajstić information content (AvgIpc) is 3.19. The molecule has 0 aliphatic carbocycles. The Bertz CT molecular complexity index is 645. The van der Waals surface area contributed by atoms with Gasteiger partial charge in [0.05, 0.1) is 25.5 Å². The first-order chi connectivity index (χ1) is 13.1. The molecular weight excluding hydrogens is 351 g/mol. The van der Waals surface area contributed by atoms with E-state index in [1.807, 2.05) is 9.80 Å². The Morgan fingerprint density at radius 2 is 2.04 bits per heavy atom. The molecule has 3 fully saturated rings. The second-order valence-corrected chi connectivity index (χ2v) is 7.88. The molecule has 0 bridgehead atoms. The smallest absolute Gasteiger partial charge is 0.248 e. The molecule has 0 aromatic carbocycles. The van der Waals surface area contributed by atoms with Gasteiger partial charge in [0.15, 0.2) is 5.82 Å². The maximum Gasteiger partial charge on any atom is 0.248 e. The lowest BCUT2D eigenvalue weighted by Gasteiger charge is -2.53. The lowest BCUT2D eigenvalue weighted by atomic mass is 9.79. The number of carbonyl (C=O) groups is 1. The summed E-state index contributed by atoms with van der Waals surface area (Å²) in [5, 5.41) is 0. The average molecular weight is 378 g/mol. The first-order valence-electron chi connectivity index (χ1n) is 9.86. The van der Waals surface area contributed by atoms with Gasteiger partial charge in [0.25, 0.3) is 0 Å². The van der Waals surface area contributed by atoms with Crippen molar-refractivity contribution in [2.45, 2.75) is 37.7 Å². The van der Waals surface area contributed by atoms with E-state index in [0.717, 1.165) is 64.9 Å². The van der Waals surface area contributed by atoms with Crippen molar-refractivity contribution in [2.75, 3.05) is 50.9 Å². The van der Waals surface area contributed by atoms with Crippen LogP contribution in [-0.4, -0.2) is 72.4 Å². The first-order valence-corrected chi connectivity index (χ1v) is 9.86. The van der Waals surface area contributed by atoms with Gasteiger partial charge in [0.2, 0.25) is 11.9 Å². The zero-order valence-electron chi connectivity index (χ0n) is 15.6. The van der Waals surface area contributed by atoms with E-state index in [2.05, 4.69) is 9.97 Å². The van der Waals surface area contributed by atoms with Crippen LogP contribution in [0.5, 0.6) is 0 Å². The summed E-state index contributed by atoms with van der Waals surface area (Å²) in [6.07, 6.45) is 7.56. The monoisotopic (exact) mass is 378 g/mol. The molecule has 3 saturated heterocycles. The third-order valence-electron chi connectivity index (χ3n) is 5.80. The number of amides is 1. The molecule has 3 aliphatic rings. The summed E-state index contributed by atoms with van der Waals surface area (Å²) < 4.78 is 24.6. The van der Waals surface area contributed by atoms with Gasteiger partial charge in [-0.3, -0.25) is 4.79 Å². The number of rotatable bonds is 6. The van der Waals surface area contributed by atoms with Crippen molar-refractivity contribution in [3.8, 4) is 0 Å². The molecular formula is C19H27FN4O3. The van der Waals surface area contributed by atoms with Crippen LogP contribution in [0.3, 0.4) is 0 Å². The Hall–Kier alpha value is -1.80. The number of anilines is 1. The Balaban J connectivity index is 1.18. The maximum atomic E-state index is 13.0. The van der Waals surface area contributed by atoms with Gasteiger partial charge in [0, 0.05) is 26.3 Å². The minimum Gasteiger partial charge on any atom is -0.372 e. The molecule has 0 radical (unpaired) electrons. The summed E-state index contributed by atoms with van der Waals surface area (Å²) in [7, 11) is 0. The fraction of sp³-hybridized carbons (Fsp3) is 0.737. The van der Waals surface area contributed by atoms with Crippen molar-refractivity contribution in [1.29, 1.82) is 0 Å². The van der Waals surface area contributed by atoms with Gasteiger partial charge < -0.3 is 19.3 Å². The lowest BCUT2D eigenvalue weighted by Crippen LogP contribution is -2.66. The predicted molar refractivity (Wildman–Crippen MR) is 96.9 cm³/mol. The molecule has 1 aromatic rings. The van der Waals surface area contributed by atoms with E-state index in [9.17, 15) is 9.18 Å². The van der Waals surface area contributed by atoms with Gasteiger partial charge in [-0.05, 0) is 38.0 Å². The highest BCUT2D eigenvalue weighted by molar-refractivity contribution is 5.77. The Labute approximate surface area is 158 Å². The molecule has 1 unspecified atom stereocenters. The Morgan fingerprint density at radius 1 is 1.30 bits per heavy atom. The molecule has 27 heavy (non-hydrogen) atoms. The van der Waals surface area contributed by atoms with Crippen LogP contribution in [0.2, 0.25) is 0 Å². The first kappa shape index (κ1) is 18.6. The third-order valence-corrected chi connectivity index (χ3v) is 5.80. The van der Waals surface area contributed by atoms with E-state index in [1.54, 1.807) is 0 Å². The second kappa shape index (κ2) is 8.06. The van der Waals surface area contributed by atoms with Gasteiger partial charge in [-0.2, -0.15) is 0 Å². The van der Waals surface area contributed by atoms with Crippen molar-refractivity contribution in [2.24, 2.45) is 5.92 Å². The van der Waals surface area contributed by atoms with Crippen molar-refractivity contribution in [1.82, 2.24) is 14.9 Å². The van der Waals surface area contributed by atoms with E-state index in [-0.39, 0.29) is 18.1 Å². The van der Waals surface area contributed by atoms with Crippen LogP contribution in [0.1, 0.15) is 32.1 Å². The van der Waals surface area contributed by atoms with E-state index < -0.39 is 5.82 Å². The highest BCUT2D eigenvalue weighted by atomic mass is 19.1. The number of carbonyl (C=O) groups excluding carboxylic acids is 1. The SMILES string of the molecule is O=C(COCCC1CCOC2(C1)CN(c1ncc(F)cn1)C2)N1CCCC1. The van der Waals surface area contributed by atoms with Crippen LogP contribution in [0, 0.1) is 11.7 Å². The van der Waals surface area contributed by atoms with Gasteiger partial charge in [-0.1, -0.05) is 0 Å². The number of hydrogen-bond acceptors (Lipinski definition) is 6. The fourth-order valence-corrected chi connectivity index (χ4v) is 4.32. The molecule has 148 valence electrons. The lowest BCUT2D eigenvalue weighted by molar-refractivity contribution is -0.136. The number of hydrogen-bond donors (Lipinski definition) is 0. The van der Waals surface area contributed by atoms with Crippen molar-refractivity contribution in [3.05, 3.63) is 18.2 Å². The molecule has 1 spiro atoms. The summed E-state index contributed by atoms with van der Waals surface area (Å²) in [5.74, 6) is 0.782. The zero-order chi connectivity index (χ0) is 18.7. The molecule has 4 rings (SSSR count). The highest BCUT2D eigenvalue weighted by Gasteiger charge is 2.48. The standard InChI is InChI=1S/C19H27FN4O3/c20-16-10-21-18(22-11-16)24-13-19(14-24)9-15(4-8-27-19)3-7-26-12-17(25)23-5-1-2-6-23/h10-11,15H,1-9,12-14H2.